The van der Waals surface area contributed by atoms with Crippen LogP contribution in [0.15, 0.2) is 23.5 Å². The Labute approximate surface area is 75.2 Å². The summed E-state index contributed by atoms with van der Waals surface area (Å²) >= 11 is 0. The molecule has 0 aliphatic carbocycles. The van der Waals surface area contributed by atoms with Crippen molar-refractivity contribution in [1.82, 2.24) is 4.98 Å². The van der Waals surface area contributed by atoms with Crippen LogP contribution in [0, 0.1) is 0 Å². The molecule has 0 saturated carbocycles. The molecule has 1 heterocycles. The molecule has 1 radical (unpaired) electrons. The number of pyridine rings is 1. The average Bonchev–Trinajstić information content (AvgIpc) is 2.16. The second kappa shape index (κ2) is 4.20. The molecule has 67 valence electrons. The normalized spacial score (nSPS) is 11.0. The Bertz CT molecular complexity index is 319. The molecule has 0 unspecified atom stereocenters. The van der Waals surface area contributed by atoms with Gasteiger partial charge in [-0.3, -0.25) is 4.79 Å². The maximum Gasteiger partial charge on any atom is 0.257 e. The summed E-state index contributed by atoms with van der Waals surface area (Å²) in [6.45, 7) is 0. The van der Waals surface area contributed by atoms with Gasteiger partial charge >= 0.3 is 0 Å². The molecule has 13 heavy (non-hydrogen) atoms. The highest BCUT2D eigenvalue weighted by Crippen LogP contribution is 2.02. The van der Waals surface area contributed by atoms with Crippen LogP contribution in [0.5, 0.6) is 0 Å². The van der Waals surface area contributed by atoms with Gasteiger partial charge in [-0.2, -0.15) is 0 Å². The molecule has 1 aromatic rings. The van der Waals surface area contributed by atoms with Crippen LogP contribution in [0.4, 0.5) is 5.82 Å². The van der Waals surface area contributed by atoms with Crippen LogP contribution >= 0.6 is 0 Å². The molecule has 0 saturated heterocycles. The van der Waals surface area contributed by atoms with Crippen molar-refractivity contribution in [2.75, 3.05) is 12.8 Å². The number of hydrogen-bond acceptors (Lipinski definition) is 5. The van der Waals surface area contributed by atoms with Gasteiger partial charge in [0.1, 0.15) is 12.9 Å². The third-order valence-electron chi connectivity index (χ3n) is 1.34. The van der Waals surface area contributed by atoms with E-state index in [1.807, 2.05) is 0 Å². The lowest BCUT2D eigenvalue weighted by Crippen LogP contribution is -2.04. The number of oxime groups is 1. The minimum Gasteiger partial charge on any atom is -0.399 e. The monoisotopic (exact) mass is 178 g/mol. The van der Waals surface area contributed by atoms with Gasteiger partial charge in [-0.1, -0.05) is 5.16 Å². The van der Waals surface area contributed by atoms with Crippen molar-refractivity contribution in [3.63, 3.8) is 0 Å². The number of rotatable bonds is 3. The minimum absolute atomic E-state index is 0.0648. The molecule has 0 amide bonds. The van der Waals surface area contributed by atoms with Gasteiger partial charge in [0.15, 0.2) is 5.71 Å². The number of anilines is 1. The molecule has 2 N–H and O–H groups in total. The highest BCUT2D eigenvalue weighted by atomic mass is 16.6. The lowest BCUT2D eigenvalue weighted by Gasteiger charge is -1.97. The van der Waals surface area contributed by atoms with Crippen molar-refractivity contribution in [2.24, 2.45) is 5.16 Å². The minimum atomic E-state index is 0.0648. The topological polar surface area (TPSA) is 77.6 Å². The van der Waals surface area contributed by atoms with E-state index in [1.165, 1.54) is 13.3 Å². The van der Waals surface area contributed by atoms with Gasteiger partial charge in [0.25, 0.3) is 6.29 Å². The summed E-state index contributed by atoms with van der Waals surface area (Å²) in [6.07, 6.45) is 3.06. The Hall–Kier alpha value is -1.91. The molecule has 0 aliphatic rings. The van der Waals surface area contributed by atoms with Crippen LogP contribution in [0.25, 0.3) is 0 Å². The van der Waals surface area contributed by atoms with Crippen LogP contribution in [-0.2, 0) is 9.63 Å². The number of carbonyl (C=O) groups excluding carboxylic acids is 1. The Morgan fingerprint density at radius 2 is 2.46 bits per heavy atom. The molecule has 0 spiro atoms. The molecule has 0 atom stereocenters. The Morgan fingerprint density at radius 1 is 1.69 bits per heavy atom. The third-order valence-corrected chi connectivity index (χ3v) is 1.34. The van der Waals surface area contributed by atoms with Crippen molar-refractivity contribution in [2.45, 2.75) is 0 Å². The molecule has 1 aromatic heterocycles. The number of nitrogens with two attached hydrogens (primary N) is 1. The average molecular weight is 178 g/mol. The highest BCUT2D eigenvalue weighted by molar-refractivity contribution is 6.36. The Kier molecular flexibility index (Phi) is 2.97. The first-order chi connectivity index (χ1) is 6.27. The molecule has 1 rings (SSSR count). The molecule has 0 aliphatic heterocycles. The maximum absolute atomic E-state index is 10.4. The predicted octanol–water partition coefficient (Wildman–Crippen LogP) is 0.124. The van der Waals surface area contributed by atoms with E-state index in [-0.39, 0.29) is 5.71 Å². The zero-order chi connectivity index (χ0) is 9.68. The zero-order valence-corrected chi connectivity index (χ0v) is 7.02. The largest absolute Gasteiger partial charge is 0.399 e. The van der Waals surface area contributed by atoms with Crippen molar-refractivity contribution in [3.8, 4) is 0 Å². The summed E-state index contributed by atoms with van der Waals surface area (Å²) in [5.41, 5.74) is 5.95. The number of hydrogen-bond donors (Lipinski definition) is 1. The second-order valence-electron chi connectivity index (χ2n) is 2.20. The van der Waals surface area contributed by atoms with Crippen molar-refractivity contribution >= 4 is 17.8 Å². The lowest BCUT2D eigenvalue weighted by atomic mass is 10.2. The standard InChI is InChI=1S/C8H8N3O2/c1-13-11-7(5-12)6-2-3-8(9)10-4-6/h2-4H,1H3,(H2,9,10)/b11-7+. The summed E-state index contributed by atoms with van der Waals surface area (Å²) < 4.78 is 0. The van der Waals surface area contributed by atoms with Gasteiger partial charge in [0.2, 0.25) is 0 Å². The van der Waals surface area contributed by atoms with Crippen LogP contribution in [0.1, 0.15) is 5.56 Å². The van der Waals surface area contributed by atoms with Gasteiger partial charge in [-0.05, 0) is 12.1 Å². The highest BCUT2D eigenvalue weighted by Gasteiger charge is 2.03. The first-order valence-corrected chi connectivity index (χ1v) is 3.49. The van der Waals surface area contributed by atoms with Gasteiger partial charge in [-0.25, -0.2) is 4.98 Å². The summed E-state index contributed by atoms with van der Waals surface area (Å²) in [6, 6.07) is 3.18. The van der Waals surface area contributed by atoms with E-state index in [4.69, 9.17) is 5.73 Å². The third kappa shape index (κ3) is 2.26. The number of nitrogens with zero attached hydrogens (tertiary/aromatic N) is 2. The van der Waals surface area contributed by atoms with Crippen molar-refractivity contribution in [1.29, 1.82) is 0 Å². The van der Waals surface area contributed by atoms with Crippen LogP contribution in [0.3, 0.4) is 0 Å². The van der Waals surface area contributed by atoms with Gasteiger partial charge in [-0.15, -0.1) is 0 Å². The molecule has 0 aromatic carbocycles. The quantitative estimate of drug-likeness (QED) is 0.527. The van der Waals surface area contributed by atoms with E-state index in [0.717, 1.165) is 0 Å². The summed E-state index contributed by atoms with van der Waals surface area (Å²) in [5.74, 6) is 0.381. The molecular formula is C8H8N3O2. The Morgan fingerprint density at radius 3 is 2.92 bits per heavy atom. The lowest BCUT2D eigenvalue weighted by molar-refractivity contribution is 0.214. The zero-order valence-electron chi connectivity index (χ0n) is 7.02. The molecule has 5 heteroatoms. The van der Waals surface area contributed by atoms with Gasteiger partial charge < -0.3 is 10.6 Å². The van der Waals surface area contributed by atoms with Crippen molar-refractivity contribution in [3.05, 3.63) is 23.9 Å². The number of aromatic nitrogens is 1. The van der Waals surface area contributed by atoms with E-state index in [2.05, 4.69) is 15.0 Å². The van der Waals surface area contributed by atoms with E-state index in [1.54, 1.807) is 18.4 Å². The molecule has 5 nitrogen and oxygen atoms in total. The molecule has 0 bridgehead atoms. The van der Waals surface area contributed by atoms with Crippen LogP contribution < -0.4 is 5.73 Å². The fourth-order valence-electron chi connectivity index (χ4n) is 0.767. The summed E-state index contributed by atoms with van der Waals surface area (Å²) in [7, 11) is 1.35. The fraction of sp³-hybridized carbons (Fsp3) is 0.125. The number of nitrogen functional groups attached to an aromatic ring is 1. The first kappa shape index (κ1) is 9.18. The van der Waals surface area contributed by atoms with E-state index < -0.39 is 0 Å². The van der Waals surface area contributed by atoms with E-state index in [9.17, 15) is 4.79 Å². The second-order valence-corrected chi connectivity index (χ2v) is 2.20. The Balaban J connectivity index is 2.99. The first-order valence-electron chi connectivity index (χ1n) is 3.49. The van der Waals surface area contributed by atoms with E-state index in [0.29, 0.717) is 11.4 Å². The van der Waals surface area contributed by atoms with E-state index >= 15 is 0 Å². The molecular weight excluding hydrogens is 170 g/mol. The summed E-state index contributed by atoms with van der Waals surface area (Å²) in [5, 5.41) is 3.45. The van der Waals surface area contributed by atoms with Crippen molar-refractivity contribution < 1.29 is 9.63 Å². The SMILES string of the molecule is CO/N=C(\[C]=O)c1ccc(N)nc1. The maximum atomic E-state index is 10.4. The van der Waals surface area contributed by atoms with Crippen LogP contribution in [-0.4, -0.2) is 24.1 Å². The predicted molar refractivity (Wildman–Crippen MR) is 47.9 cm³/mol. The fourth-order valence-corrected chi connectivity index (χ4v) is 0.767. The smallest absolute Gasteiger partial charge is 0.257 e. The van der Waals surface area contributed by atoms with Gasteiger partial charge in [0.05, 0.1) is 0 Å². The molecule has 0 fully saturated rings. The summed E-state index contributed by atoms with van der Waals surface area (Å²) in [4.78, 5) is 18.6. The van der Waals surface area contributed by atoms with Gasteiger partial charge in [0, 0.05) is 11.8 Å². The van der Waals surface area contributed by atoms with Crippen LogP contribution in [0.2, 0.25) is 0 Å².